The number of carbonyl (C=O) groups is 4. The lowest BCUT2D eigenvalue weighted by atomic mass is 9.77. The number of aromatic carboxylic acids is 1. The number of pyridine rings is 1. The van der Waals surface area contributed by atoms with E-state index in [4.69, 9.17) is 47.4 Å². The molecule has 0 saturated carbocycles. The minimum Gasteiger partial charge on any atom is -0.477 e. The van der Waals surface area contributed by atoms with Crippen molar-refractivity contribution in [2.45, 2.75) is 231 Å². The molecule has 4 saturated heterocycles. The van der Waals surface area contributed by atoms with E-state index in [1.165, 1.54) is 13.3 Å². The van der Waals surface area contributed by atoms with Crippen LogP contribution in [0.15, 0.2) is 23.1 Å². The Morgan fingerprint density at radius 1 is 0.938 bits per heavy atom. The number of likely N-dealkylation sites (N-methyl/N-ethyl adjacent to an activating group) is 2. The van der Waals surface area contributed by atoms with Crippen molar-refractivity contribution >= 4 is 35.0 Å². The minimum absolute atomic E-state index is 0.0272. The molecule has 456 valence electrons. The molecule has 6 heterocycles. The highest BCUT2D eigenvalue weighted by atomic mass is 16.8. The molecule has 0 bridgehead atoms. The molecule has 22 nitrogen and oxygen atoms in total. The number of hydrogen-bond donors (Lipinski definition) is 4. The van der Waals surface area contributed by atoms with Crippen LogP contribution < -0.4 is 10.7 Å². The molecule has 22 heteroatoms. The molecule has 0 unspecified atom stereocenters. The molecule has 1 aromatic carbocycles. The van der Waals surface area contributed by atoms with Crippen LogP contribution in [-0.4, -0.2) is 192 Å². The molecule has 4 N–H and O–H groups in total. The number of cyclic esters (lactones) is 1. The van der Waals surface area contributed by atoms with Crippen molar-refractivity contribution in [1.82, 2.24) is 19.7 Å². The van der Waals surface area contributed by atoms with E-state index >= 15 is 0 Å². The van der Waals surface area contributed by atoms with Gasteiger partial charge in [0.15, 0.2) is 30.4 Å². The first-order chi connectivity index (χ1) is 37.9. The summed E-state index contributed by atoms with van der Waals surface area (Å²) in [5.41, 5.74) is -3.53. The highest BCUT2D eigenvalue weighted by molar-refractivity contribution is 5.94. The molecule has 0 aliphatic carbocycles. The molecule has 5 aliphatic rings. The lowest BCUT2D eigenvalue weighted by molar-refractivity contribution is -0.318. The zero-order valence-electron chi connectivity index (χ0n) is 50.5. The summed E-state index contributed by atoms with van der Waals surface area (Å²) in [5.74, 6) is -4.56. The Morgan fingerprint density at radius 3 is 2.30 bits per heavy atom. The van der Waals surface area contributed by atoms with E-state index < -0.39 is 125 Å². The number of methoxy groups -OCH3 is 1. The van der Waals surface area contributed by atoms with Gasteiger partial charge in [-0.05, 0) is 140 Å². The van der Waals surface area contributed by atoms with Crippen molar-refractivity contribution in [3.8, 4) is 0 Å². The van der Waals surface area contributed by atoms with Crippen LogP contribution in [0.1, 0.15) is 143 Å². The second-order valence-electron chi connectivity index (χ2n) is 25.1. The van der Waals surface area contributed by atoms with Gasteiger partial charge in [-0.2, -0.15) is 0 Å². The van der Waals surface area contributed by atoms with Crippen molar-refractivity contribution in [3.63, 3.8) is 0 Å². The van der Waals surface area contributed by atoms with Gasteiger partial charge in [0.25, 0.3) is 0 Å². The predicted octanol–water partition coefficient (Wildman–Crippen LogP) is 5.48. The largest absolute Gasteiger partial charge is 0.509 e. The normalized spacial score (nSPS) is 37.8. The Morgan fingerprint density at radius 2 is 1.64 bits per heavy atom. The number of aryl methyl sites for hydroxylation is 1. The van der Waals surface area contributed by atoms with Crippen molar-refractivity contribution in [3.05, 3.63) is 45.2 Å². The quantitative estimate of drug-likeness (QED) is 0.0921. The van der Waals surface area contributed by atoms with Crippen LogP contribution in [0.3, 0.4) is 0 Å². The summed E-state index contributed by atoms with van der Waals surface area (Å²) in [5, 5.41) is 38.1. The number of aromatic nitrogens is 1. The number of carbonyl (C=O) groups excluding carboxylic acids is 3. The van der Waals surface area contributed by atoms with Gasteiger partial charge < -0.3 is 77.5 Å². The van der Waals surface area contributed by atoms with Gasteiger partial charge in [-0.25, -0.2) is 9.59 Å². The second-order valence-corrected chi connectivity index (χ2v) is 25.1. The molecular formula is C59H92N4O18. The number of aliphatic hydroxyl groups is 2. The average Bonchev–Trinajstić information content (AvgIpc) is 3.70. The summed E-state index contributed by atoms with van der Waals surface area (Å²) in [7, 11) is 7.17. The summed E-state index contributed by atoms with van der Waals surface area (Å²) >= 11 is 0. The topological polar surface area (TPSA) is 262 Å². The predicted molar refractivity (Wildman–Crippen MR) is 296 cm³/mol. The number of carboxylic acids is 1. The maximum atomic E-state index is 14.8. The van der Waals surface area contributed by atoms with E-state index in [-0.39, 0.29) is 55.9 Å². The lowest BCUT2D eigenvalue weighted by Crippen LogP contribution is -2.61. The molecule has 0 spiro atoms. The van der Waals surface area contributed by atoms with Gasteiger partial charge >= 0.3 is 24.1 Å². The number of carboxylic acid groups (broad SMARTS) is 1. The molecular weight excluding hydrogens is 1050 g/mol. The number of rotatable bonds is 16. The highest BCUT2D eigenvalue weighted by Crippen LogP contribution is 2.43. The van der Waals surface area contributed by atoms with Crippen LogP contribution in [0, 0.1) is 17.8 Å². The first-order valence-electron chi connectivity index (χ1n) is 28.9. The van der Waals surface area contributed by atoms with Crippen LogP contribution in [-0.2, 0) is 75.7 Å². The molecule has 1 aromatic heterocycles. The van der Waals surface area contributed by atoms with Gasteiger partial charge in [-0.3, -0.25) is 19.3 Å². The third-order valence-electron chi connectivity index (χ3n) is 17.8. The molecule has 18 atom stereocenters. The van der Waals surface area contributed by atoms with Crippen LogP contribution in [0.2, 0.25) is 0 Å². The summed E-state index contributed by atoms with van der Waals surface area (Å²) < 4.78 is 64.9. The van der Waals surface area contributed by atoms with Crippen LogP contribution >= 0.6 is 0 Å². The Hall–Kier alpha value is -4.33. The second kappa shape index (κ2) is 25.5. The van der Waals surface area contributed by atoms with Crippen LogP contribution in [0.4, 0.5) is 4.79 Å². The number of esters is 2. The van der Waals surface area contributed by atoms with Gasteiger partial charge in [-0.15, -0.1) is 0 Å². The van der Waals surface area contributed by atoms with E-state index in [9.17, 15) is 39.3 Å². The minimum atomic E-state index is -1.63. The van der Waals surface area contributed by atoms with Crippen LogP contribution in [0.5, 0.6) is 0 Å². The summed E-state index contributed by atoms with van der Waals surface area (Å²) in [6.07, 6.45) is -6.50. The van der Waals surface area contributed by atoms with Crippen molar-refractivity contribution in [2.75, 3.05) is 47.9 Å². The molecule has 0 radical (unpaired) electrons. The number of hydrogen-bond acceptors (Lipinski definition) is 20. The smallest absolute Gasteiger partial charge is 0.477 e. The van der Waals surface area contributed by atoms with E-state index in [0.717, 1.165) is 11.1 Å². The standard InChI is InChI=1S/C59H92N4O18/c1-17-42-59(12)50(80-55(70)81-59)35(6)62(15)28-31(2)26-57(10,71)49(79-54-47(66)41(61(13)14)23-32(3)74-54)33(4)48(34(5)53(69)76-42)78-44-27-58(11,72-16)51(36(7)75-44)77-43(64)20-22-60-21-18-19-37-24-38-30-73-56(8,9)63-29-40(52(67)68)46(65)39(25-37)45(38)63/h24-25,29,31-36,41-42,44,47-51,54,60,66,71H,17-23,26-28,30H2,1-16H3,(H,67,68)/t31-,32-,33+,34-,35-,36+,41+,42-,44+,47-,48+,49-,50-,51+,54+,57-,58-,59-/m1/s1. The fourth-order valence-corrected chi connectivity index (χ4v) is 13.3. The molecule has 2 aromatic rings. The number of nitrogens with zero attached hydrogens (tertiary/aromatic N) is 3. The first kappa shape index (κ1) is 64.2. The molecule has 81 heavy (non-hydrogen) atoms. The van der Waals surface area contributed by atoms with Crippen LogP contribution in [0.25, 0.3) is 10.9 Å². The Kier molecular flexibility index (Phi) is 20.2. The first-order valence-corrected chi connectivity index (χ1v) is 28.9. The van der Waals surface area contributed by atoms with E-state index in [2.05, 4.69) is 5.32 Å². The maximum Gasteiger partial charge on any atom is 0.509 e. The summed E-state index contributed by atoms with van der Waals surface area (Å²) in [6.45, 7) is 23.3. The van der Waals surface area contributed by atoms with Gasteiger partial charge in [0, 0.05) is 61.8 Å². The van der Waals surface area contributed by atoms with Gasteiger partial charge in [-0.1, -0.05) is 26.8 Å². The van der Waals surface area contributed by atoms with Crippen molar-refractivity contribution < 1.29 is 81.9 Å². The lowest BCUT2D eigenvalue weighted by Gasteiger charge is -2.49. The zero-order chi connectivity index (χ0) is 59.8. The number of fused-ring (bicyclic) bond motifs is 1. The van der Waals surface area contributed by atoms with E-state index in [1.807, 2.05) is 85.5 Å². The third-order valence-corrected chi connectivity index (χ3v) is 17.8. The SMILES string of the molecule is CC[C@H]1OC(=O)[C@H](C)[C@@H](O[C@H]2C[C@@](C)(OC)[C@@H](OC(=O)CCNCCCc3cc4c5c(c3)c(=O)c(C(=O)O)cn5C(C)(C)OC4)[C@H](C)O2)[C@H](C)[C@@H](O[C@@H]2O[C@H](C)C[C@H](N(C)C)[C@H]2O)[C@](C)(O)C[C@@H](C)CN(C)[C@H](C)[C@H]2OC(=O)O[C@@]21C. The Bertz CT molecular complexity index is 2630. The summed E-state index contributed by atoms with van der Waals surface area (Å²) in [6, 6.07) is 3.02. The van der Waals surface area contributed by atoms with Gasteiger partial charge in [0.1, 0.15) is 29.1 Å². The monoisotopic (exact) mass is 1140 g/mol. The summed E-state index contributed by atoms with van der Waals surface area (Å²) in [4.78, 5) is 70.7. The molecule has 5 aliphatic heterocycles. The third kappa shape index (κ3) is 13.8. The molecule has 7 rings (SSSR count). The van der Waals surface area contributed by atoms with Crippen molar-refractivity contribution in [1.29, 1.82) is 0 Å². The number of ether oxygens (including phenoxy) is 10. The Labute approximate surface area is 476 Å². The number of nitrogens with one attached hydrogen (secondary N) is 1. The molecule has 4 fully saturated rings. The van der Waals surface area contributed by atoms with E-state index in [0.29, 0.717) is 49.8 Å². The van der Waals surface area contributed by atoms with E-state index in [1.54, 1.807) is 45.3 Å². The number of aliphatic hydroxyl groups excluding tert-OH is 1. The van der Waals surface area contributed by atoms with Gasteiger partial charge in [0.2, 0.25) is 5.43 Å². The number of benzene rings is 1. The maximum absolute atomic E-state index is 14.8. The fourth-order valence-electron chi connectivity index (χ4n) is 13.3. The zero-order valence-corrected chi connectivity index (χ0v) is 50.5. The van der Waals surface area contributed by atoms with Gasteiger partial charge in [0.05, 0.1) is 54.5 Å². The average molecular weight is 1150 g/mol. The fraction of sp³-hybridized carbons (Fsp3) is 0.780. The van der Waals surface area contributed by atoms with Crippen molar-refractivity contribution in [2.24, 2.45) is 17.8 Å². The molecule has 0 amide bonds. The Balaban J connectivity index is 1.07. The highest BCUT2D eigenvalue weighted by Gasteiger charge is 2.59.